The van der Waals surface area contributed by atoms with Crippen LogP contribution >= 0.6 is 31.9 Å². The number of nitrogens with one attached hydrogen (secondary N) is 1. The lowest BCUT2D eigenvalue weighted by molar-refractivity contribution is -0.118. The molecule has 1 saturated heterocycles. The lowest BCUT2D eigenvalue weighted by Gasteiger charge is -2.39. The first kappa shape index (κ1) is 17.1. The first-order chi connectivity index (χ1) is 9.86. The van der Waals surface area contributed by atoms with Gasteiger partial charge in [0.2, 0.25) is 0 Å². The van der Waals surface area contributed by atoms with Crippen molar-refractivity contribution in [3.05, 3.63) is 26.6 Å². The van der Waals surface area contributed by atoms with Crippen molar-refractivity contribution in [3.8, 4) is 0 Å². The summed E-state index contributed by atoms with van der Waals surface area (Å²) in [5, 5.41) is 12.3. The number of benzene rings is 1. The number of nitrogens with two attached hydrogens (primary N) is 1. The minimum absolute atomic E-state index is 0.273. The van der Waals surface area contributed by atoms with Crippen molar-refractivity contribution < 1.29 is 13.9 Å². The molecule has 1 atom stereocenters. The summed E-state index contributed by atoms with van der Waals surface area (Å²) in [6, 6.07) is 2.06. The van der Waals surface area contributed by atoms with Crippen LogP contribution in [0.4, 0.5) is 14.5 Å². The van der Waals surface area contributed by atoms with Crippen LogP contribution in [0.5, 0.6) is 0 Å². The standard InChI is InChI=1S/C13H17Br2F2N3O/c14-8-5-9(11(18)10(15)6-8)12(13(16,17)7-21)20-3-1-19-2-4-20/h5-6,12,19,21H,1-4,7,18H2/t12-/m1/s1. The number of aliphatic hydroxyl groups is 1. The summed E-state index contributed by atoms with van der Waals surface area (Å²) in [4.78, 5) is 1.66. The van der Waals surface area contributed by atoms with Crippen molar-refractivity contribution in [2.45, 2.75) is 12.0 Å². The van der Waals surface area contributed by atoms with E-state index in [-0.39, 0.29) is 5.69 Å². The topological polar surface area (TPSA) is 61.5 Å². The highest BCUT2D eigenvalue weighted by atomic mass is 79.9. The third-order valence-corrected chi connectivity index (χ3v) is 4.66. The summed E-state index contributed by atoms with van der Waals surface area (Å²) >= 11 is 6.59. The van der Waals surface area contributed by atoms with Gasteiger partial charge in [0.1, 0.15) is 12.6 Å². The number of hydrogen-bond donors (Lipinski definition) is 3. The second-order valence-corrected chi connectivity index (χ2v) is 6.77. The van der Waals surface area contributed by atoms with Crippen molar-refractivity contribution in [2.75, 3.05) is 38.5 Å². The SMILES string of the molecule is Nc1c(Br)cc(Br)cc1[C@@H](N1CCNCC1)C(F)(F)CO. The zero-order valence-corrected chi connectivity index (χ0v) is 14.4. The maximum absolute atomic E-state index is 14.3. The molecular weight excluding hydrogens is 412 g/mol. The average Bonchev–Trinajstić information content (AvgIpc) is 2.45. The lowest BCUT2D eigenvalue weighted by atomic mass is 9.96. The van der Waals surface area contributed by atoms with Crippen LogP contribution in [0.15, 0.2) is 21.1 Å². The van der Waals surface area contributed by atoms with Gasteiger partial charge < -0.3 is 16.2 Å². The van der Waals surface area contributed by atoms with E-state index in [1.807, 2.05) is 0 Å². The van der Waals surface area contributed by atoms with Crippen molar-refractivity contribution in [2.24, 2.45) is 0 Å². The number of aliphatic hydroxyl groups excluding tert-OH is 1. The van der Waals surface area contributed by atoms with E-state index in [0.717, 1.165) is 0 Å². The Morgan fingerprint density at radius 1 is 1.33 bits per heavy atom. The molecule has 0 spiro atoms. The Morgan fingerprint density at radius 3 is 2.52 bits per heavy atom. The Bertz CT molecular complexity index is 510. The number of alkyl halides is 2. The molecule has 1 fully saturated rings. The molecule has 1 aliphatic rings. The number of nitrogen functional groups attached to an aromatic ring is 1. The smallest absolute Gasteiger partial charge is 0.289 e. The molecule has 0 bridgehead atoms. The van der Waals surface area contributed by atoms with Crippen molar-refractivity contribution in [1.29, 1.82) is 0 Å². The first-order valence-electron chi connectivity index (χ1n) is 6.54. The van der Waals surface area contributed by atoms with Gasteiger partial charge in [-0.1, -0.05) is 15.9 Å². The molecule has 21 heavy (non-hydrogen) atoms. The van der Waals surface area contributed by atoms with Gasteiger partial charge in [0, 0.05) is 40.7 Å². The van der Waals surface area contributed by atoms with Gasteiger partial charge in [0.15, 0.2) is 0 Å². The van der Waals surface area contributed by atoms with Gasteiger partial charge in [-0.15, -0.1) is 0 Å². The molecule has 0 radical (unpaired) electrons. The number of anilines is 1. The van der Waals surface area contributed by atoms with Crippen LogP contribution in [-0.4, -0.2) is 48.7 Å². The molecule has 0 saturated carbocycles. The van der Waals surface area contributed by atoms with Gasteiger partial charge >= 0.3 is 0 Å². The second-order valence-electron chi connectivity index (χ2n) is 5.00. The van der Waals surface area contributed by atoms with Gasteiger partial charge in [0.05, 0.1) is 5.69 Å². The summed E-state index contributed by atoms with van der Waals surface area (Å²) in [6.07, 6.45) is 0. The number of halogens is 4. The predicted octanol–water partition coefficient (Wildman–Crippen LogP) is 2.37. The van der Waals surface area contributed by atoms with Crippen LogP contribution < -0.4 is 11.1 Å². The van der Waals surface area contributed by atoms with E-state index in [4.69, 9.17) is 10.8 Å². The van der Waals surface area contributed by atoms with Gasteiger partial charge in [-0.25, -0.2) is 8.78 Å². The number of piperazine rings is 1. The second kappa shape index (κ2) is 6.87. The van der Waals surface area contributed by atoms with Crippen LogP contribution in [0.3, 0.4) is 0 Å². The molecule has 2 rings (SSSR count). The molecule has 8 heteroatoms. The van der Waals surface area contributed by atoms with E-state index in [1.54, 1.807) is 17.0 Å². The fraction of sp³-hybridized carbons (Fsp3) is 0.538. The summed E-state index contributed by atoms with van der Waals surface area (Å²) in [5.74, 6) is -3.27. The van der Waals surface area contributed by atoms with Gasteiger partial charge in [0.25, 0.3) is 5.92 Å². The highest BCUT2D eigenvalue weighted by Crippen LogP contribution is 2.42. The summed E-state index contributed by atoms with van der Waals surface area (Å²) in [7, 11) is 0. The molecule has 0 aliphatic carbocycles. The molecule has 118 valence electrons. The molecular formula is C13H17Br2F2N3O. The Labute approximate surface area is 138 Å². The highest BCUT2D eigenvalue weighted by molar-refractivity contribution is 9.11. The van der Waals surface area contributed by atoms with E-state index in [0.29, 0.717) is 40.7 Å². The molecule has 0 aromatic heterocycles. The monoisotopic (exact) mass is 427 g/mol. The maximum Gasteiger partial charge on any atom is 0.289 e. The maximum atomic E-state index is 14.3. The van der Waals surface area contributed by atoms with Crippen molar-refractivity contribution >= 4 is 37.5 Å². The number of rotatable bonds is 4. The molecule has 4 nitrogen and oxygen atoms in total. The molecule has 1 aliphatic heterocycles. The molecule has 1 heterocycles. The predicted molar refractivity (Wildman–Crippen MR) is 85.5 cm³/mol. The van der Waals surface area contributed by atoms with E-state index < -0.39 is 18.6 Å². The number of nitrogens with zero attached hydrogens (tertiary/aromatic N) is 1. The van der Waals surface area contributed by atoms with E-state index in [2.05, 4.69) is 37.2 Å². The van der Waals surface area contributed by atoms with Gasteiger partial charge in [-0.05, 0) is 28.1 Å². The molecule has 4 N–H and O–H groups in total. The quantitative estimate of drug-likeness (QED) is 0.644. The Hall–Kier alpha value is -0.280. The summed E-state index contributed by atoms with van der Waals surface area (Å²) in [6.45, 7) is 0.999. The zero-order valence-electron chi connectivity index (χ0n) is 11.3. The summed E-state index contributed by atoms with van der Waals surface area (Å²) < 4.78 is 29.9. The number of hydrogen-bond acceptors (Lipinski definition) is 4. The largest absolute Gasteiger partial charge is 0.398 e. The fourth-order valence-electron chi connectivity index (χ4n) is 2.55. The Morgan fingerprint density at radius 2 is 1.95 bits per heavy atom. The zero-order chi connectivity index (χ0) is 15.6. The molecule has 0 unspecified atom stereocenters. The van der Waals surface area contributed by atoms with Gasteiger partial charge in [-0.3, -0.25) is 4.90 Å². The van der Waals surface area contributed by atoms with Crippen LogP contribution in [0, 0.1) is 0 Å². The molecule has 1 aromatic carbocycles. The van der Waals surface area contributed by atoms with E-state index in [9.17, 15) is 8.78 Å². The van der Waals surface area contributed by atoms with E-state index >= 15 is 0 Å². The average molecular weight is 429 g/mol. The van der Waals surface area contributed by atoms with Crippen LogP contribution in [-0.2, 0) is 0 Å². The highest BCUT2D eigenvalue weighted by Gasteiger charge is 2.45. The summed E-state index contributed by atoms with van der Waals surface area (Å²) in [5.41, 5.74) is 6.58. The first-order valence-corrected chi connectivity index (χ1v) is 8.13. The van der Waals surface area contributed by atoms with Gasteiger partial charge in [-0.2, -0.15) is 0 Å². The van der Waals surface area contributed by atoms with Crippen LogP contribution in [0.25, 0.3) is 0 Å². The van der Waals surface area contributed by atoms with Crippen molar-refractivity contribution in [1.82, 2.24) is 10.2 Å². The van der Waals surface area contributed by atoms with E-state index in [1.165, 1.54) is 0 Å². The third kappa shape index (κ3) is 3.73. The lowest BCUT2D eigenvalue weighted by Crippen LogP contribution is -2.51. The Balaban J connectivity index is 2.49. The minimum atomic E-state index is -3.27. The molecule has 1 aromatic rings. The van der Waals surface area contributed by atoms with Crippen LogP contribution in [0.2, 0.25) is 0 Å². The van der Waals surface area contributed by atoms with Crippen molar-refractivity contribution in [3.63, 3.8) is 0 Å². The molecule has 0 amide bonds. The normalized spacial score (nSPS) is 18.7. The Kier molecular flexibility index (Phi) is 5.59. The third-order valence-electron chi connectivity index (χ3n) is 3.55. The fourth-order valence-corrected chi connectivity index (χ4v) is 3.81. The minimum Gasteiger partial charge on any atom is -0.398 e. The van der Waals surface area contributed by atoms with Crippen LogP contribution in [0.1, 0.15) is 11.6 Å².